The molecule has 1 amide bonds. The minimum Gasteiger partial charge on any atom is -0.378 e. The van der Waals surface area contributed by atoms with Gasteiger partial charge >= 0.3 is 0 Å². The summed E-state index contributed by atoms with van der Waals surface area (Å²) in [4.78, 5) is 14.2. The van der Waals surface area contributed by atoms with Crippen molar-refractivity contribution in [3.63, 3.8) is 0 Å². The van der Waals surface area contributed by atoms with Crippen LogP contribution in [-0.4, -0.2) is 40.5 Å². The first-order chi connectivity index (χ1) is 13.1. The molecule has 0 aliphatic heterocycles. The Morgan fingerprint density at radius 2 is 1.78 bits per heavy atom. The quantitative estimate of drug-likeness (QED) is 0.631. The van der Waals surface area contributed by atoms with Gasteiger partial charge in [-0.15, -0.1) is 10.2 Å². The van der Waals surface area contributed by atoms with Crippen LogP contribution in [0.4, 0.5) is 11.4 Å². The number of carbonyl (C=O) groups is 1. The molecule has 1 N–H and O–H groups in total. The van der Waals surface area contributed by atoms with Gasteiger partial charge in [0.05, 0.1) is 5.75 Å². The molecule has 0 fully saturated rings. The predicted molar refractivity (Wildman–Crippen MR) is 111 cm³/mol. The number of carbonyl (C=O) groups excluding carboxylic acids is 1. The number of nitrogens with zero attached hydrogens (tertiary/aromatic N) is 4. The third-order valence-corrected chi connectivity index (χ3v) is 5.03. The summed E-state index contributed by atoms with van der Waals surface area (Å²) in [6.07, 6.45) is 0. The van der Waals surface area contributed by atoms with E-state index in [2.05, 4.69) is 39.5 Å². The van der Waals surface area contributed by atoms with Crippen molar-refractivity contribution in [1.29, 1.82) is 0 Å². The van der Waals surface area contributed by atoms with Gasteiger partial charge in [0.1, 0.15) is 0 Å². The van der Waals surface area contributed by atoms with E-state index in [1.165, 1.54) is 11.8 Å². The van der Waals surface area contributed by atoms with Gasteiger partial charge in [0.25, 0.3) is 0 Å². The maximum atomic E-state index is 12.2. The standard InChI is InChI=1S/C20H23N5OS/c1-4-25-19(15-10-12-17(13-11-15)24(2)3)22-23-20(25)27-14-18(26)21-16-8-6-5-7-9-16/h5-13H,4,14H2,1-3H3,(H,21,26). The van der Waals surface area contributed by atoms with Gasteiger partial charge in [-0.25, -0.2) is 0 Å². The number of rotatable bonds is 7. The molecule has 0 bridgehead atoms. The van der Waals surface area contributed by atoms with E-state index in [1.54, 1.807) is 0 Å². The highest BCUT2D eigenvalue weighted by Crippen LogP contribution is 2.25. The van der Waals surface area contributed by atoms with Crippen molar-refractivity contribution >= 4 is 29.0 Å². The third-order valence-electron chi connectivity index (χ3n) is 4.06. The average Bonchev–Trinajstić information content (AvgIpc) is 3.10. The van der Waals surface area contributed by atoms with E-state index in [1.807, 2.05) is 61.1 Å². The molecule has 0 saturated carbocycles. The molecule has 6 nitrogen and oxygen atoms in total. The molecule has 0 radical (unpaired) electrons. The van der Waals surface area contributed by atoms with Crippen LogP contribution in [0.25, 0.3) is 11.4 Å². The predicted octanol–water partition coefficient (Wildman–Crippen LogP) is 3.76. The number of hydrogen-bond acceptors (Lipinski definition) is 5. The van der Waals surface area contributed by atoms with Crippen LogP contribution in [0, 0.1) is 0 Å². The minimum absolute atomic E-state index is 0.0614. The van der Waals surface area contributed by atoms with Crippen molar-refractivity contribution in [2.45, 2.75) is 18.6 Å². The first-order valence-corrected chi connectivity index (χ1v) is 9.75. The molecular weight excluding hydrogens is 358 g/mol. The van der Waals surface area contributed by atoms with Crippen molar-refractivity contribution in [2.24, 2.45) is 0 Å². The van der Waals surface area contributed by atoms with Crippen molar-refractivity contribution in [3.8, 4) is 11.4 Å². The highest BCUT2D eigenvalue weighted by molar-refractivity contribution is 7.99. The van der Waals surface area contributed by atoms with Gasteiger partial charge < -0.3 is 14.8 Å². The van der Waals surface area contributed by atoms with Crippen LogP contribution in [0.3, 0.4) is 0 Å². The lowest BCUT2D eigenvalue weighted by atomic mass is 10.2. The van der Waals surface area contributed by atoms with E-state index in [0.717, 1.165) is 34.5 Å². The van der Waals surface area contributed by atoms with Crippen LogP contribution < -0.4 is 10.2 Å². The van der Waals surface area contributed by atoms with Gasteiger partial charge in [-0.05, 0) is 43.3 Å². The second-order valence-corrected chi connectivity index (χ2v) is 7.14. The van der Waals surface area contributed by atoms with E-state index < -0.39 is 0 Å². The van der Waals surface area contributed by atoms with Gasteiger partial charge in [0, 0.05) is 37.6 Å². The van der Waals surface area contributed by atoms with Gasteiger partial charge in [0.2, 0.25) is 5.91 Å². The van der Waals surface area contributed by atoms with Gasteiger partial charge in [-0.1, -0.05) is 30.0 Å². The number of para-hydroxylation sites is 1. The zero-order valence-corrected chi connectivity index (χ0v) is 16.5. The monoisotopic (exact) mass is 381 g/mol. The fourth-order valence-corrected chi connectivity index (χ4v) is 3.45. The molecule has 0 unspecified atom stereocenters. The molecule has 1 heterocycles. The summed E-state index contributed by atoms with van der Waals surface area (Å²) in [5.74, 6) is 1.04. The Kier molecular flexibility index (Phi) is 6.13. The molecular formula is C20H23N5OS. The van der Waals surface area contributed by atoms with E-state index in [-0.39, 0.29) is 11.7 Å². The Bertz CT molecular complexity index is 890. The SMILES string of the molecule is CCn1c(SCC(=O)Nc2ccccc2)nnc1-c1ccc(N(C)C)cc1. The van der Waals surface area contributed by atoms with Gasteiger partial charge in [-0.3, -0.25) is 4.79 Å². The van der Waals surface area contributed by atoms with Crippen LogP contribution in [0.1, 0.15) is 6.92 Å². The highest BCUT2D eigenvalue weighted by Gasteiger charge is 2.15. The summed E-state index contributed by atoms with van der Waals surface area (Å²) in [6, 6.07) is 17.6. The fourth-order valence-electron chi connectivity index (χ4n) is 2.65. The molecule has 140 valence electrons. The zero-order valence-electron chi connectivity index (χ0n) is 15.7. The number of amides is 1. The number of nitrogens with one attached hydrogen (secondary N) is 1. The molecule has 27 heavy (non-hydrogen) atoms. The van der Waals surface area contributed by atoms with E-state index in [9.17, 15) is 4.79 Å². The fraction of sp³-hybridized carbons (Fsp3) is 0.250. The number of anilines is 2. The molecule has 0 spiro atoms. The van der Waals surface area contributed by atoms with E-state index in [4.69, 9.17) is 0 Å². The Balaban J connectivity index is 1.69. The zero-order chi connectivity index (χ0) is 19.2. The molecule has 2 aromatic carbocycles. The smallest absolute Gasteiger partial charge is 0.234 e. The Morgan fingerprint density at radius 1 is 1.07 bits per heavy atom. The van der Waals surface area contributed by atoms with E-state index >= 15 is 0 Å². The molecule has 0 aliphatic carbocycles. The van der Waals surface area contributed by atoms with Crippen molar-refractivity contribution in [1.82, 2.24) is 14.8 Å². The minimum atomic E-state index is -0.0614. The van der Waals surface area contributed by atoms with Crippen molar-refractivity contribution in [2.75, 3.05) is 30.1 Å². The number of aromatic nitrogens is 3. The summed E-state index contributed by atoms with van der Waals surface area (Å²) in [7, 11) is 4.03. The van der Waals surface area contributed by atoms with Crippen LogP contribution in [0.15, 0.2) is 59.8 Å². The number of thioether (sulfide) groups is 1. The summed E-state index contributed by atoms with van der Waals surface area (Å²) < 4.78 is 2.03. The van der Waals surface area contributed by atoms with Crippen LogP contribution >= 0.6 is 11.8 Å². The van der Waals surface area contributed by atoms with Crippen LogP contribution in [0.5, 0.6) is 0 Å². The Hall–Kier alpha value is -2.80. The largest absolute Gasteiger partial charge is 0.378 e. The molecule has 1 aromatic heterocycles. The number of benzene rings is 2. The van der Waals surface area contributed by atoms with Crippen LogP contribution in [0.2, 0.25) is 0 Å². The van der Waals surface area contributed by atoms with Crippen LogP contribution in [-0.2, 0) is 11.3 Å². The maximum Gasteiger partial charge on any atom is 0.234 e. The Labute approximate surface area is 163 Å². The third kappa shape index (κ3) is 4.68. The summed E-state index contributed by atoms with van der Waals surface area (Å²) >= 11 is 1.39. The number of hydrogen-bond donors (Lipinski definition) is 1. The summed E-state index contributed by atoms with van der Waals surface area (Å²) in [5.41, 5.74) is 2.94. The second-order valence-electron chi connectivity index (χ2n) is 6.19. The molecule has 7 heteroatoms. The van der Waals surface area contributed by atoms with Gasteiger partial charge in [-0.2, -0.15) is 0 Å². The molecule has 3 aromatic rings. The van der Waals surface area contributed by atoms with Gasteiger partial charge in [0.15, 0.2) is 11.0 Å². The Morgan fingerprint density at radius 3 is 2.41 bits per heavy atom. The topological polar surface area (TPSA) is 63.1 Å². The van der Waals surface area contributed by atoms with E-state index in [0.29, 0.717) is 0 Å². The van der Waals surface area contributed by atoms with Crippen molar-refractivity contribution < 1.29 is 4.79 Å². The summed E-state index contributed by atoms with van der Waals surface area (Å²) in [6.45, 7) is 2.79. The molecule has 0 saturated heterocycles. The average molecular weight is 382 g/mol. The maximum absolute atomic E-state index is 12.2. The molecule has 0 aliphatic rings. The molecule has 3 rings (SSSR count). The lowest BCUT2D eigenvalue weighted by molar-refractivity contribution is -0.113. The normalized spacial score (nSPS) is 10.6. The van der Waals surface area contributed by atoms with Crippen molar-refractivity contribution in [3.05, 3.63) is 54.6 Å². The second kappa shape index (κ2) is 8.73. The lowest BCUT2D eigenvalue weighted by Crippen LogP contribution is -2.14. The summed E-state index contributed by atoms with van der Waals surface area (Å²) in [5, 5.41) is 12.3. The first kappa shape index (κ1) is 19.0. The lowest BCUT2D eigenvalue weighted by Gasteiger charge is -2.13. The first-order valence-electron chi connectivity index (χ1n) is 8.77. The highest BCUT2D eigenvalue weighted by atomic mass is 32.2. The molecule has 0 atom stereocenters.